The molecule has 0 radical (unpaired) electrons. The highest BCUT2D eigenvalue weighted by Gasteiger charge is 2.39. The van der Waals surface area contributed by atoms with E-state index in [1.54, 1.807) is 0 Å². The number of benzene rings is 1. The molecule has 1 aliphatic rings. The van der Waals surface area contributed by atoms with Gasteiger partial charge in [0.1, 0.15) is 0 Å². The van der Waals surface area contributed by atoms with Crippen LogP contribution >= 0.6 is 0 Å². The van der Waals surface area contributed by atoms with Gasteiger partial charge < -0.3 is 10.4 Å². The van der Waals surface area contributed by atoms with Gasteiger partial charge >= 0.3 is 0 Å². The number of hydrogen-bond donors (Lipinski definition) is 2. The van der Waals surface area contributed by atoms with Gasteiger partial charge in [0, 0.05) is 17.1 Å². The molecule has 0 unspecified atom stereocenters. The topological polar surface area (TPSA) is 32.3 Å². The van der Waals surface area contributed by atoms with Crippen molar-refractivity contribution in [2.24, 2.45) is 11.3 Å². The van der Waals surface area contributed by atoms with Gasteiger partial charge in [0.05, 0.1) is 6.61 Å². The number of hydrogen-bond acceptors (Lipinski definition) is 2. The third-order valence-corrected chi connectivity index (χ3v) is 6.14. The Morgan fingerprint density at radius 3 is 2.44 bits per heavy atom. The van der Waals surface area contributed by atoms with E-state index >= 15 is 0 Å². The number of anilines is 1. The van der Waals surface area contributed by atoms with Crippen LogP contribution in [0.1, 0.15) is 64.4 Å². The Morgan fingerprint density at radius 2 is 1.96 bits per heavy atom. The van der Waals surface area contributed by atoms with Crippen LogP contribution in [0.15, 0.2) is 49.1 Å². The quantitative estimate of drug-likeness (QED) is 0.576. The molecule has 0 saturated heterocycles. The largest absolute Gasteiger partial charge is 0.395 e. The van der Waals surface area contributed by atoms with Crippen LogP contribution < -0.4 is 5.32 Å². The molecule has 1 fully saturated rings. The maximum atomic E-state index is 9.92. The zero-order valence-corrected chi connectivity index (χ0v) is 16.2. The second kappa shape index (κ2) is 8.71. The average molecular weight is 342 g/mol. The highest BCUT2D eigenvalue weighted by Crippen LogP contribution is 2.49. The summed E-state index contributed by atoms with van der Waals surface area (Å²) in [6.07, 6.45) is 7.26. The zero-order valence-electron chi connectivity index (χ0n) is 16.2. The number of nitrogens with one attached hydrogen (secondary N) is 1. The number of aliphatic hydroxyl groups excluding tert-OH is 1. The van der Waals surface area contributed by atoms with Crippen molar-refractivity contribution < 1.29 is 5.11 Å². The molecule has 2 rings (SSSR count). The third-order valence-electron chi connectivity index (χ3n) is 6.14. The minimum Gasteiger partial charge on any atom is -0.395 e. The maximum Gasteiger partial charge on any atom is 0.0522 e. The van der Waals surface area contributed by atoms with Crippen molar-refractivity contribution in [3.8, 4) is 0 Å². The Bertz CT molecular complexity index is 572. The summed E-state index contributed by atoms with van der Waals surface area (Å²) in [4.78, 5) is 0. The highest BCUT2D eigenvalue weighted by molar-refractivity contribution is 5.46. The second-order valence-corrected chi connectivity index (χ2v) is 7.81. The van der Waals surface area contributed by atoms with E-state index in [9.17, 15) is 5.11 Å². The van der Waals surface area contributed by atoms with Crippen molar-refractivity contribution in [3.63, 3.8) is 0 Å². The Morgan fingerprint density at radius 1 is 1.32 bits per heavy atom. The van der Waals surface area contributed by atoms with Crippen molar-refractivity contribution >= 4 is 5.69 Å². The van der Waals surface area contributed by atoms with E-state index in [-0.39, 0.29) is 12.0 Å². The maximum absolute atomic E-state index is 9.92. The van der Waals surface area contributed by atoms with Gasteiger partial charge in [-0.15, -0.1) is 6.58 Å². The first-order valence-electron chi connectivity index (χ1n) is 9.75. The zero-order chi connectivity index (χ0) is 18.4. The van der Waals surface area contributed by atoms with Crippen LogP contribution in [0.25, 0.3) is 0 Å². The van der Waals surface area contributed by atoms with Gasteiger partial charge in [-0.3, -0.25) is 0 Å². The van der Waals surface area contributed by atoms with E-state index in [1.807, 2.05) is 6.08 Å². The summed E-state index contributed by atoms with van der Waals surface area (Å²) in [7, 11) is 0. The van der Waals surface area contributed by atoms with Crippen molar-refractivity contribution in [2.45, 2.75) is 64.8 Å². The minimum atomic E-state index is -0.150. The van der Waals surface area contributed by atoms with Gasteiger partial charge in [-0.2, -0.15) is 0 Å². The third kappa shape index (κ3) is 4.55. The highest BCUT2D eigenvalue weighted by atomic mass is 16.3. The molecule has 138 valence electrons. The van der Waals surface area contributed by atoms with E-state index in [4.69, 9.17) is 0 Å². The molecule has 0 bridgehead atoms. The molecule has 1 saturated carbocycles. The second-order valence-electron chi connectivity index (χ2n) is 7.81. The van der Waals surface area contributed by atoms with Gasteiger partial charge in [-0.1, -0.05) is 44.2 Å². The average Bonchev–Trinajstić information content (AvgIpc) is 2.65. The number of rotatable bonds is 8. The molecule has 0 amide bonds. The molecule has 25 heavy (non-hydrogen) atoms. The van der Waals surface area contributed by atoms with Crippen LogP contribution in [0.4, 0.5) is 5.69 Å². The molecular formula is C23H35NO. The SMILES string of the molecule is C=C[C@]1(CO)CC[C@@H](C(=C)C)[C@H](c2ccc(NC(CC)CC)cc2)C1. The van der Waals surface area contributed by atoms with Crippen LogP contribution in [0, 0.1) is 11.3 Å². The molecule has 2 N–H and O–H groups in total. The summed E-state index contributed by atoms with van der Waals surface area (Å²) >= 11 is 0. The smallest absolute Gasteiger partial charge is 0.0522 e. The van der Waals surface area contributed by atoms with Crippen molar-refractivity contribution in [3.05, 3.63) is 54.6 Å². The summed E-state index contributed by atoms with van der Waals surface area (Å²) in [6.45, 7) is 15.0. The fourth-order valence-corrected chi connectivity index (χ4v) is 4.22. The first kappa shape index (κ1) is 19.8. The summed E-state index contributed by atoms with van der Waals surface area (Å²) < 4.78 is 0. The number of allylic oxidation sites excluding steroid dienone is 1. The predicted molar refractivity (Wildman–Crippen MR) is 109 cm³/mol. The van der Waals surface area contributed by atoms with Crippen LogP contribution in [0.5, 0.6) is 0 Å². The molecule has 0 heterocycles. The van der Waals surface area contributed by atoms with Crippen molar-refractivity contribution in [2.75, 3.05) is 11.9 Å². The summed E-state index contributed by atoms with van der Waals surface area (Å²) in [5.41, 5.74) is 3.64. The molecule has 1 aromatic rings. The first-order chi connectivity index (χ1) is 12.0. The van der Waals surface area contributed by atoms with Gasteiger partial charge in [0.25, 0.3) is 0 Å². The van der Waals surface area contributed by atoms with E-state index < -0.39 is 0 Å². The summed E-state index contributed by atoms with van der Waals surface area (Å²) in [5, 5.41) is 13.5. The van der Waals surface area contributed by atoms with Crippen molar-refractivity contribution in [1.29, 1.82) is 0 Å². The molecule has 0 aliphatic heterocycles. The van der Waals surface area contributed by atoms with Gasteiger partial charge in [0.15, 0.2) is 0 Å². The summed E-state index contributed by atoms with van der Waals surface area (Å²) in [5.74, 6) is 0.885. The molecule has 0 spiro atoms. The minimum absolute atomic E-state index is 0.150. The molecule has 1 aliphatic carbocycles. The normalized spacial score (nSPS) is 26.4. The van der Waals surface area contributed by atoms with Crippen LogP contribution in [0.2, 0.25) is 0 Å². The van der Waals surface area contributed by atoms with Crippen LogP contribution in [-0.4, -0.2) is 17.8 Å². The monoisotopic (exact) mass is 341 g/mol. The summed E-state index contributed by atoms with van der Waals surface area (Å²) in [6, 6.07) is 9.44. The molecule has 3 atom stereocenters. The lowest BCUT2D eigenvalue weighted by Crippen LogP contribution is -2.34. The van der Waals surface area contributed by atoms with E-state index in [0.717, 1.165) is 32.1 Å². The Labute approximate surface area is 154 Å². The van der Waals surface area contributed by atoms with E-state index in [2.05, 4.69) is 63.5 Å². The molecule has 1 aromatic carbocycles. The van der Waals surface area contributed by atoms with Gasteiger partial charge in [-0.05, 0) is 68.6 Å². The molecule has 2 nitrogen and oxygen atoms in total. The fourth-order valence-electron chi connectivity index (χ4n) is 4.22. The van der Waals surface area contributed by atoms with Crippen LogP contribution in [-0.2, 0) is 0 Å². The molecule has 0 aromatic heterocycles. The molecular weight excluding hydrogens is 306 g/mol. The lowest BCUT2D eigenvalue weighted by atomic mass is 9.62. The fraction of sp³-hybridized carbons (Fsp3) is 0.565. The van der Waals surface area contributed by atoms with Crippen LogP contribution in [0.3, 0.4) is 0 Å². The lowest BCUT2D eigenvalue weighted by Gasteiger charge is -2.43. The van der Waals surface area contributed by atoms with E-state index in [0.29, 0.717) is 17.9 Å². The van der Waals surface area contributed by atoms with Crippen molar-refractivity contribution in [1.82, 2.24) is 0 Å². The lowest BCUT2D eigenvalue weighted by molar-refractivity contribution is 0.100. The Hall–Kier alpha value is -1.54. The molecule has 2 heteroatoms. The predicted octanol–water partition coefficient (Wildman–Crippen LogP) is 5.91. The van der Waals surface area contributed by atoms with E-state index in [1.165, 1.54) is 16.8 Å². The Balaban J connectivity index is 2.22. The Kier molecular flexibility index (Phi) is 6.89. The van der Waals surface area contributed by atoms with Gasteiger partial charge in [0.2, 0.25) is 0 Å². The standard InChI is InChI=1S/C23H35NO/c1-6-19(7-2)24-20-11-9-18(10-12-20)22-15-23(8-3,16-25)14-13-21(22)17(4)5/h8-12,19,21-22,24-25H,3-4,6-7,13-16H2,1-2,5H3/t21-,22-,23-/m0/s1. The van der Waals surface area contributed by atoms with Gasteiger partial charge in [-0.25, -0.2) is 0 Å². The first-order valence-corrected chi connectivity index (χ1v) is 9.75. The number of aliphatic hydroxyl groups is 1.